The summed E-state index contributed by atoms with van der Waals surface area (Å²) in [6, 6.07) is 3.68. The number of carbonyl (C=O) groups is 1. The molecule has 0 aliphatic heterocycles. The van der Waals surface area contributed by atoms with E-state index in [-0.39, 0.29) is 5.91 Å². The van der Waals surface area contributed by atoms with E-state index in [1.54, 1.807) is 6.07 Å². The van der Waals surface area contributed by atoms with Gasteiger partial charge in [0.15, 0.2) is 0 Å². The number of anilines is 1. The summed E-state index contributed by atoms with van der Waals surface area (Å²) >= 11 is 3.37. The molecular formula is C12H15BrN2O. The van der Waals surface area contributed by atoms with Crippen LogP contribution in [-0.4, -0.2) is 12.5 Å². The third-order valence-electron chi connectivity index (χ3n) is 2.84. The minimum Gasteiger partial charge on any atom is -0.398 e. The molecule has 0 atom stereocenters. The maximum Gasteiger partial charge on any atom is 0.253 e. The molecule has 1 saturated carbocycles. The highest BCUT2D eigenvalue weighted by atomic mass is 79.9. The third kappa shape index (κ3) is 2.55. The van der Waals surface area contributed by atoms with Gasteiger partial charge in [-0.2, -0.15) is 0 Å². The van der Waals surface area contributed by atoms with Crippen molar-refractivity contribution in [3.8, 4) is 0 Å². The van der Waals surface area contributed by atoms with Gasteiger partial charge in [-0.15, -0.1) is 0 Å². The number of nitrogens with one attached hydrogen (secondary N) is 1. The topological polar surface area (TPSA) is 55.1 Å². The van der Waals surface area contributed by atoms with Crippen molar-refractivity contribution >= 4 is 27.5 Å². The lowest BCUT2D eigenvalue weighted by Crippen LogP contribution is -2.26. The Balaban J connectivity index is 2.14. The maximum atomic E-state index is 11.9. The van der Waals surface area contributed by atoms with Gasteiger partial charge in [0.2, 0.25) is 0 Å². The number of nitrogen functional groups attached to an aromatic ring is 1. The van der Waals surface area contributed by atoms with Gasteiger partial charge in [-0.05, 0) is 43.4 Å². The fourth-order valence-electron chi connectivity index (χ4n) is 1.60. The maximum absolute atomic E-state index is 11.9. The van der Waals surface area contributed by atoms with Crippen LogP contribution in [0.3, 0.4) is 0 Å². The number of amides is 1. The second-order valence-electron chi connectivity index (χ2n) is 4.34. The summed E-state index contributed by atoms with van der Waals surface area (Å²) in [6.45, 7) is 2.67. The molecular weight excluding hydrogens is 268 g/mol. The van der Waals surface area contributed by atoms with Crippen LogP contribution in [0.25, 0.3) is 0 Å². The number of hydrogen-bond donors (Lipinski definition) is 2. The Morgan fingerprint density at radius 1 is 1.56 bits per heavy atom. The molecule has 0 radical (unpaired) electrons. The van der Waals surface area contributed by atoms with Gasteiger partial charge in [-0.3, -0.25) is 4.79 Å². The lowest BCUT2D eigenvalue weighted by Gasteiger charge is -2.09. The van der Waals surface area contributed by atoms with Crippen LogP contribution >= 0.6 is 15.9 Å². The summed E-state index contributed by atoms with van der Waals surface area (Å²) in [7, 11) is 0. The number of rotatable bonds is 3. The summed E-state index contributed by atoms with van der Waals surface area (Å²) in [5, 5.41) is 2.92. The van der Waals surface area contributed by atoms with E-state index in [1.165, 1.54) is 12.8 Å². The molecule has 1 fully saturated rings. The lowest BCUT2D eigenvalue weighted by atomic mass is 10.1. The first-order valence-corrected chi connectivity index (χ1v) is 6.21. The van der Waals surface area contributed by atoms with Crippen LogP contribution in [0.1, 0.15) is 28.8 Å². The molecule has 0 aromatic heterocycles. The van der Waals surface area contributed by atoms with E-state index in [9.17, 15) is 4.79 Å². The smallest absolute Gasteiger partial charge is 0.253 e. The van der Waals surface area contributed by atoms with Gasteiger partial charge < -0.3 is 11.1 Å². The van der Waals surface area contributed by atoms with Crippen LogP contribution in [0.4, 0.5) is 5.69 Å². The van der Waals surface area contributed by atoms with Gasteiger partial charge in [-0.25, -0.2) is 0 Å². The van der Waals surface area contributed by atoms with Crippen molar-refractivity contribution in [2.45, 2.75) is 19.8 Å². The molecule has 1 amide bonds. The zero-order valence-electron chi connectivity index (χ0n) is 9.22. The van der Waals surface area contributed by atoms with Crippen molar-refractivity contribution in [2.75, 3.05) is 12.3 Å². The second kappa shape index (κ2) is 4.45. The van der Waals surface area contributed by atoms with Gasteiger partial charge in [-0.1, -0.05) is 15.9 Å². The van der Waals surface area contributed by atoms with E-state index >= 15 is 0 Å². The zero-order valence-corrected chi connectivity index (χ0v) is 10.8. The van der Waals surface area contributed by atoms with Gasteiger partial charge >= 0.3 is 0 Å². The predicted molar refractivity (Wildman–Crippen MR) is 68.3 cm³/mol. The van der Waals surface area contributed by atoms with Crippen LogP contribution in [0.15, 0.2) is 16.6 Å². The van der Waals surface area contributed by atoms with E-state index < -0.39 is 0 Å². The Hall–Kier alpha value is -1.03. The van der Waals surface area contributed by atoms with E-state index in [2.05, 4.69) is 21.2 Å². The molecule has 0 bridgehead atoms. The Labute approximate surface area is 104 Å². The molecule has 0 saturated heterocycles. The first kappa shape index (κ1) is 11.5. The molecule has 1 aromatic carbocycles. The number of hydrogen-bond acceptors (Lipinski definition) is 2. The van der Waals surface area contributed by atoms with Crippen LogP contribution < -0.4 is 11.1 Å². The highest BCUT2D eigenvalue weighted by Crippen LogP contribution is 2.28. The number of carbonyl (C=O) groups excluding carboxylic acids is 1. The van der Waals surface area contributed by atoms with Crippen molar-refractivity contribution in [1.82, 2.24) is 5.32 Å². The van der Waals surface area contributed by atoms with Crippen LogP contribution in [0, 0.1) is 12.8 Å². The quantitative estimate of drug-likeness (QED) is 0.837. The van der Waals surface area contributed by atoms with Crippen molar-refractivity contribution in [2.24, 2.45) is 5.92 Å². The molecule has 16 heavy (non-hydrogen) atoms. The molecule has 86 valence electrons. The molecule has 0 unspecified atom stereocenters. The first-order chi connectivity index (χ1) is 7.58. The number of nitrogens with two attached hydrogens (primary N) is 1. The van der Waals surface area contributed by atoms with E-state index in [0.29, 0.717) is 17.2 Å². The van der Waals surface area contributed by atoms with E-state index in [0.717, 1.165) is 16.6 Å². The highest BCUT2D eigenvalue weighted by Gasteiger charge is 2.22. The summed E-state index contributed by atoms with van der Waals surface area (Å²) in [5.74, 6) is 0.604. The summed E-state index contributed by atoms with van der Waals surface area (Å²) in [5.41, 5.74) is 7.94. The van der Waals surface area contributed by atoms with E-state index in [1.807, 2.05) is 13.0 Å². The predicted octanol–water partition coefficient (Wildman–Crippen LogP) is 2.48. The molecule has 2 rings (SSSR count). The standard InChI is InChI=1S/C12H15BrN2O/c1-7-4-9(13)5-10(11(7)14)12(16)15-6-8-2-3-8/h4-5,8H,2-3,6,14H2,1H3,(H,15,16). The monoisotopic (exact) mass is 282 g/mol. The average molecular weight is 283 g/mol. The van der Waals surface area contributed by atoms with Crippen LogP contribution in [-0.2, 0) is 0 Å². The van der Waals surface area contributed by atoms with Crippen LogP contribution in [0.5, 0.6) is 0 Å². The normalized spacial score (nSPS) is 14.9. The van der Waals surface area contributed by atoms with Gasteiger partial charge in [0.25, 0.3) is 5.91 Å². The minimum atomic E-state index is -0.0752. The van der Waals surface area contributed by atoms with Gasteiger partial charge in [0, 0.05) is 16.7 Å². The number of halogens is 1. The van der Waals surface area contributed by atoms with E-state index in [4.69, 9.17) is 5.73 Å². The lowest BCUT2D eigenvalue weighted by molar-refractivity contribution is 0.0952. The summed E-state index contributed by atoms with van der Waals surface area (Å²) in [6.07, 6.45) is 2.46. The fourth-order valence-corrected chi connectivity index (χ4v) is 2.17. The molecule has 1 aromatic rings. The molecule has 4 heteroatoms. The Morgan fingerprint density at radius 3 is 2.88 bits per heavy atom. The molecule has 1 aliphatic carbocycles. The Morgan fingerprint density at radius 2 is 2.25 bits per heavy atom. The number of aryl methyl sites for hydroxylation is 1. The molecule has 3 N–H and O–H groups in total. The van der Waals surface area contributed by atoms with Crippen molar-refractivity contribution in [3.05, 3.63) is 27.7 Å². The highest BCUT2D eigenvalue weighted by molar-refractivity contribution is 9.10. The molecule has 3 nitrogen and oxygen atoms in total. The van der Waals surface area contributed by atoms with Gasteiger partial charge in [0.05, 0.1) is 5.56 Å². The molecule has 0 heterocycles. The Kier molecular flexibility index (Phi) is 3.19. The minimum absolute atomic E-state index is 0.0752. The first-order valence-electron chi connectivity index (χ1n) is 5.41. The largest absolute Gasteiger partial charge is 0.398 e. The number of benzene rings is 1. The zero-order chi connectivity index (χ0) is 11.7. The average Bonchev–Trinajstić information content (AvgIpc) is 3.03. The summed E-state index contributed by atoms with van der Waals surface area (Å²) < 4.78 is 0.885. The fraction of sp³-hybridized carbons (Fsp3) is 0.417. The van der Waals surface area contributed by atoms with Crippen molar-refractivity contribution in [1.29, 1.82) is 0 Å². The van der Waals surface area contributed by atoms with Gasteiger partial charge in [0.1, 0.15) is 0 Å². The van der Waals surface area contributed by atoms with Crippen LogP contribution in [0.2, 0.25) is 0 Å². The molecule has 1 aliphatic rings. The SMILES string of the molecule is Cc1cc(Br)cc(C(=O)NCC2CC2)c1N. The third-order valence-corrected chi connectivity index (χ3v) is 3.30. The summed E-state index contributed by atoms with van der Waals surface area (Å²) in [4.78, 5) is 11.9. The van der Waals surface area contributed by atoms with Crippen molar-refractivity contribution in [3.63, 3.8) is 0 Å². The molecule has 0 spiro atoms. The Bertz CT molecular complexity index is 427. The van der Waals surface area contributed by atoms with Crippen molar-refractivity contribution < 1.29 is 4.79 Å². The second-order valence-corrected chi connectivity index (χ2v) is 5.25.